The first-order chi connectivity index (χ1) is 15.5. The second kappa shape index (κ2) is 10.6. The predicted octanol–water partition coefficient (Wildman–Crippen LogP) is -7.34. The Hall–Kier alpha value is -0.600. The lowest BCUT2D eigenvalue weighted by molar-refractivity contribution is -0.365. The standard InChI is InChI=1S/C18H31O15/c19-1-5-9(22)11(24)13(26)16(31-5)18(29)8(4-30-7(3-21)15(18)28)33-17-14(27)12(25)10(23)6(2-20)32-17/h4-17,19-29H,1-3H2/t5-,6-,7-,8-,9-,10-,11+,12+,13+,14+,15-,16+,17-,18-/m1/s1. The van der Waals surface area contributed by atoms with E-state index >= 15 is 0 Å². The molecule has 3 rings (SSSR count). The molecule has 3 saturated heterocycles. The second-order valence-corrected chi connectivity index (χ2v) is 8.33. The molecule has 3 aliphatic heterocycles. The molecule has 0 amide bonds. The van der Waals surface area contributed by atoms with Gasteiger partial charge >= 0.3 is 0 Å². The Bertz CT molecular complexity index is 636. The zero-order chi connectivity index (χ0) is 24.7. The Labute approximate surface area is 187 Å². The minimum atomic E-state index is -2.74. The summed E-state index contributed by atoms with van der Waals surface area (Å²) in [5, 5.41) is 111. The number of hydrogen-bond donors (Lipinski definition) is 11. The molecule has 3 heterocycles. The van der Waals surface area contributed by atoms with E-state index in [-0.39, 0.29) is 0 Å². The highest BCUT2D eigenvalue weighted by Crippen LogP contribution is 2.40. The van der Waals surface area contributed by atoms with Gasteiger partial charge in [0.15, 0.2) is 11.9 Å². The summed E-state index contributed by atoms with van der Waals surface area (Å²) < 4.78 is 21.2. The topological polar surface area (TPSA) is 259 Å². The van der Waals surface area contributed by atoms with Crippen LogP contribution in [0.1, 0.15) is 0 Å². The lowest BCUT2D eigenvalue weighted by Gasteiger charge is -2.54. The molecule has 15 heteroatoms. The van der Waals surface area contributed by atoms with Crippen LogP contribution in [0.25, 0.3) is 0 Å². The van der Waals surface area contributed by atoms with Crippen LogP contribution in [0.4, 0.5) is 0 Å². The van der Waals surface area contributed by atoms with Gasteiger partial charge in [0.2, 0.25) is 0 Å². The Morgan fingerprint density at radius 2 is 1.18 bits per heavy atom. The molecule has 11 N–H and O–H groups in total. The molecule has 0 bridgehead atoms. The van der Waals surface area contributed by atoms with Gasteiger partial charge in [-0.3, -0.25) is 0 Å². The first kappa shape index (κ1) is 27.0. The van der Waals surface area contributed by atoms with E-state index in [2.05, 4.69) is 0 Å². The number of ether oxygens (including phenoxy) is 4. The van der Waals surface area contributed by atoms with E-state index < -0.39 is 105 Å². The van der Waals surface area contributed by atoms with E-state index in [9.17, 15) is 56.2 Å². The van der Waals surface area contributed by atoms with E-state index in [0.29, 0.717) is 0 Å². The van der Waals surface area contributed by atoms with Crippen LogP contribution in [-0.4, -0.2) is 161 Å². The first-order valence-electron chi connectivity index (χ1n) is 10.3. The third kappa shape index (κ3) is 4.65. The van der Waals surface area contributed by atoms with Gasteiger partial charge in [0.25, 0.3) is 0 Å². The van der Waals surface area contributed by atoms with Gasteiger partial charge in [0.05, 0.1) is 19.8 Å². The van der Waals surface area contributed by atoms with Gasteiger partial charge in [-0.05, 0) is 0 Å². The molecule has 14 atom stereocenters. The summed E-state index contributed by atoms with van der Waals surface area (Å²) in [5.41, 5.74) is -2.74. The van der Waals surface area contributed by atoms with Gasteiger partial charge in [0.1, 0.15) is 79.9 Å². The summed E-state index contributed by atoms with van der Waals surface area (Å²) in [6.07, 6.45) is -23.1. The fourth-order valence-corrected chi connectivity index (χ4v) is 4.24. The zero-order valence-corrected chi connectivity index (χ0v) is 17.3. The van der Waals surface area contributed by atoms with Gasteiger partial charge in [-0.15, -0.1) is 0 Å². The van der Waals surface area contributed by atoms with Crippen LogP contribution in [-0.2, 0) is 18.9 Å². The molecule has 3 fully saturated rings. The second-order valence-electron chi connectivity index (χ2n) is 8.33. The molecule has 0 aromatic heterocycles. The molecule has 0 aliphatic carbocycles. The summed E-state index contributed by atoms with van der Waals surface area (Å²) >= 11 is 0. The number of aliphatic hydroxyl groups is 11. The van der Waals surface area contributed by atoms with Gasteiger partial charge in [-0.1, -0.05) is 0 Å². The average Bonchev–Trinajstić information content (AvgIpc) is 2.81. The maximum atomic E-state index is 11.5. The van der Waals surface area contributed by atoms with Crippen molar-refractivity contribution in [1.82, 2.24) is 0 Å². The molecular formula is C18H31O15. The minimum absolute atomic E-state index is 0.776. The van der Waals surface area contributed by atoms with Crippen LogP contribution in [0, 0.1) is 6.61 Å². The fourth-order valence-electron chi connectivity index (χ4n) is 4.24. The SMILES string of the molecule is OC[C@H]1O[C@H](O[C@@H]2[CH]O[C@H](CO)[C@@H](O)[C@@]2(O)[C@H]2O[C@H](CO)[C@@H](O)[C@H](O)[C@@H]2O)[C@@H](O)[C@@H](O)[C@@H]1O. The van der Waals surface area contributed by atoms with Crippen molar-refractivity contribution in [3.8, 4) is 0 Å². The van der Waals surface area contributed by atoms with Crippen LogP contribution in [0.15, 0.2) is 0 Å². The van der Waals surface area contributed by atoms with E-state index in [4.69, 9.17) is 18.9 Å². The molecule has 3 aliphatic rings. The predicted molar refractivity (Wildman–Crippen MR) is 99.6 cm³/mol. The molecule has 0 aromatic rings. The average molecular weight is 487 g/mol. The summed E-state index contributed by atoms with van der Waals surface area (Å²) in [7, 11) is 0. The summed E-state index contributed by atoms with van der Waals surface area (Å²) in [6, 6.07) is 0. The van der Waals surface area contributed by atoms with Gasteiger partial charge in [0, 0.05) is 0 Å². The van der Waals surface area contributed by atoms with E-state index in [1.54, 1.807) is 0 Å². The van der Waals surface area contributed by atoms with Crippen molar-refractivity contribution in [3.63, 3.8) is 0 Å². The highest BCUT2D eigenvalue weighted by atomic mass is 16.7. The molecule has 0 aromatic carbocycles. The maximum Gasteiger partial charge on any atom is 0.187 e. The molecule has 0 unspecified atom stereocenters. The zero-order valence-electron chi connectivity index (χ0n) is 17.3. The quantitative estimate of drug-likeness (QED) is 0.166. The Kier molecular flexibility index (Phi) is 8.65. The summed E-state index contributed by atoms with van der Waals surface area (Å²) in [6.45, 7) is -1.64. The van der Waals surface area contributed by atoms with Crippen molar-refractivity contribution in [2.45, 2.75) is 85.1 Å². The van der Waals surface area contributed by atoms with Gasteiger partial charge in [-0.2, -0.15) is 0 Å². The van der Waals surface area contributed by atoms with Crippen LogP contribution in [0.3, 0.4) is 0 Å². The highest BCUT2D eigenvalue weighted by molar-refractivity contribution is 5.14. The number of rotatable bonds is 6. The number of hydrogen-bond acceptors (Lipinski definition) is 15. The van der Waals surface area contributed by atoms with Crippen molar-refractivity contribution in [2.75, 3.05) is 19.8 Å². The maximum absolute atomic E-state index is 11.5. The van der Waals surface area contributed by atoms with Crippen molar-refractivity contribution < 1.29 is 75.1 Å². The van der Waals surface area contributed by atoms with E-state index in [0.717, 1.165) is 6.61 Å². The van der Waals surface area contributed by atoms with Crippen molar-refractivity contribution >= 4 is 0 Å². The van der Waals surface area contributed by atoms with Crippen LogP contribution >= 0.6 is 0 Å². The fraction of sp³-hybridized carbons (Fsp3) is 0.944. The monoisotopic (exact) mass is 487 g/mol. The molecule has 1 radical (unpaired) electrons. The van der Waals surface area contributed by atoms with Crippen molar-refractivity contribution in [3.05, 3.63) is 6.61 Å². The van der Waals surface area contributed by atoms with Crippen LogP contribution < -0.4 is 0 Å². The third-order valence-corrected chi connectivity index (χ3v) is 6.32. The van der Waals surface area contributed by atoms with Crippen molar-refractivity contribution in [2.24, 2.45) is 0 Å². The molecule has 33 heavy (non-hydrogen) atoms. The van der Waals surface area contributed by atoms with Gasteiger partial charge in [-0.25, -0.2) is 0 Å². The molecule has 0 spiro atoms. The Morgan fingerprint density at radius 3 is 1.73 bits per heavy atom. The normalized spacial score (nSPS) is 53.7. The molecule has 15 nitrogen and oxygen atoms in total. The largest absolute Gasteiger partial charge is 0.394 e. The molecule has 0 saturated carbocycles. The summed E-state index contributed by atoms with van der Waals surface area (Å²) in [5.74, 6) is 0. The highest BCUT2D eigenvalue weighted by Gasteiger charge is 2.63. The molecule has 193 valence electrons. The van der Waals surface area contributed by atoms with Crippen molar-refractivity contribution in [1.29, 1.82) is 0 Å². The van der Waals surface area contributed by atoms with Gasteiger partial charge < -0.3 is 75.1 Å². The number of aliphatic hydroxyl groups excluding tert-OH is 10. The molecular weight excluding hydrogens is 456 g/mol. The smallest absolute Gasteiger partial charge is 0.187 e. The van der Waals surface area contributed by atoms with Crippen LogP contribution in [0.5, 0.6) is 0 Å². The van der Waals surface area contributed by atoms with Crippen LogP contribution in [0.2, 0.25) is 0 Å². The Morgan fingerprint density at radius 1 is 0.667 bits per heavy atom. The third-order valence-electron chi connectivity index (χ3n) is 6.32. The summed E-state index contributed by atoms with van der Waals surface area (Å²) in [4.78, 5) is 0. The lowest BCUT2D eigenvalue weighted by Crippen LogP contribution is -2.76. The first-order valence-corrected chi connectivity index (χ1v) is 10.3. The Balaban J connectivity index is 1.93. The van der Waals surface area contributed by atoms with E-state index in [1.165, 1.54) is 0 Å². The van der Waals surface area contributed by atoms with E-state index in [1.807, 2.05) is 0 Å². The minimum Gasteiger partial charge on any atom is -0.394 e. The lowest BCUT2D eigenvalue weighted by atomic mass is 9.75.